The predicted octanol–water partition coefficient (Wildman–Crippen LogP) is 2.48. The fourth-order valence-electron chi connectivity index (χ4n) is 2.71. The molecule has 0 aliphatic carbocycles. The van der Waals surface area contributed by atoms with Crippen LogP contribution in [-0.2, 0) is 0 Å². The average Bonchev–Trinajstić information content (AvgIpc) is 2.84. The number of aromatic nitrogens is 1. The van der Waals surface area contributed by atoms with Crippen LogP contribution in [0.1, 0.15) is 30.2 Å². The third-order valence-corrected chi connectivity index (χ3v) is 4.88. The molecule has 1 aromatic heterocycles. The van der Waals surface area contributed by atoms with Crippen LogP contribution in [0.25, 0.3) is 10.2 Å². The van der Waals surface area contributed by atoms with Crippen LogP contribution < -0.4 is 11.1 Å². The lowest BCUT2D eigenvalue weighted by Crippen LogP contribution is -2.41. The minimum atomic E-state index is 0.364. The molecule has 0 bridgehead atoms. The van der Waals surface area contributed by atoms with Gasteiger partial charge in [-0.1, -0.05) is 18.6 Å². The van der Waals surface area contributed by atoms with Gasteiger partial charge in [0, 0.05) is 18.5 Å². The van der Waals surface area contributed by atoms with Crippen molar-refractivity contribution < 1.29 is 0 Å². The zero-order valence-electron chi connectivity index (χ0n) is 10.4. The van der Waals surface area contributed by atoms with E-state index < -0.39 is 0 Å². The second-order valence-electron chi connectivity index (χ2n) is 4.92. The molecular formula is C14H19N3S. The molecule has 96 valence electrons. The Kier molecular flexibility index (Phi) is 3.59. The summed E-state index contributed by atoms with van der Waals surface area (Å²) in [6, 6.07) is 8.84. The number of rotatable bonds is 3. The smallest absolute Gasteiger partial charge is 0.0997 e. The fraction of sp³-hybridized carbons (Fsp3) is 0.500. The largest absolute Gasteiger partial charge is 0.330 e. The Balaban J connectivity index is 1.90. The van der Waals surface area contributed by atoms with Crippen LogP contribution in [0, 0.1) is 0 Å². The molecule has 18 heavy (non-hydrogen) atoms. The third-order valence-electron chi connectivity index (χ3n) is 3.72. The topological polar surface area (TPSA) is 50.9 Å². The van der Waals surface area contributed by atoms with Gasteiger partial charge in [-0.2, -0.15) is 0 Å². The Bertz CT molecular complexity index is 483. The average molecular weight is 261 g/mol. The molecule has 3 nitrogen and oxygen atoms in total. The summed E-state index contributed by atoms with van der Waals surface area (Å²) in [4.78, 5) is 4.76. The summed E-state index contributed by atoms with van der Waals surface area (Å²) in [6.45, 7) is 1.80. The molecule has 3 rings (SSSR count). The number of hydrogen-bond acceptors (Lipinski definition) is 4. The summed E-state index contributed by atoms with van der Waals surface area (Å²) in [6.07, 6.45) is 3.81. The van der Waals surface area contributed by atoms with E-state index in [4.69, 9.17) is 10.7 Å². The van der Waals surface area contributed by atoms with E-state index in [1.165, 1.54) is 29.0 Å². The number of para-hydroxylation sites is 1. The molecule has 0 amide bonds. The van der Waals surface area contributed by atoms with Gasteiger partial charge in [0.2, 0.25) is 0 Å². The van der Waals surface area contributed by atoms with Crippen molar-refractivity contribution in [1.29, 1.82) is 0 Å². The molecule has 1 aliphatic rings. The maximum atomic E-state index is 5.98. The zero-order chi connectivity index (χ0) is 12.4. The van der Waals surface area contributed by atoms with E-state index in [-0.39, 0.29) is 0 Å². The molecule has 4 heteroatoms. The van der Waals surface area contributed by atoms with Crippen molar-refractivity contribution >= 4 is 21.6 Å². The maximum Gasteiger partial charge on any atom is 0.0997 e. The predicted molar refractivity (Wildman–Crippen MR) is 77.1 cm³/mol. The van der Waals surface area contributed by atoms with Crippen molar-refractivity contribution in [2.24, 2.45) is 5.73 Å². The van der Waals surface area contributed by atoms with Crippen molar-refractivity contribution in [3.8, 4) is 0 Å². The second-order valence-corrected chi connectivity index (χ2v) is 5.98. The monoisotopic (exact) mass is 261 g/mol. The van der Waals surface area contributed by atoms with Gasteiger partial charge >= 0.3 is 0 Å². The highest BCUT2D eigenvalue weighted by molar-refractivity contribution is 7.18. The number of nitrogens with zero attached hydrogens (tertiary/aromatic N) is 1. The first kappa shape index (κ1) is 12.1. The molecule has 1 aromatic carbocycles. The molecule has 2 heterocycles. The fourth-order valence-corrected chi connectivity index (χ4v) is 3.85. The van der Waals surface area contributed by atoms with E-state index in [1.54, 1.807) is 11.3 Å². The van der Waals surface area contributed by atoms with Gasteiger partial charge in [0.1, 0.15) is 0 Å². The summed E-state index contributed by atoms with van der Waals surface area (Å²) in [5.41, 5.74) is 7.09. The number of hydrogen-bond donors (Lipinski definition) is 2. The van der Waals surface area contributed by atoms with Crippen LogP contribution in [0.4, 0.5) is 0 Å². The summed E-state index contributed by atoms with van der Waals surface area (Å²) in [7, 11) is 0. The highest BCUT2D eigenvalue weighted by atomic mass is 32.1. The minimum absolute atomic E-state index is 0.364. The summed E-state index contributed by atoms with van der Waals surface area (Å²) < 4.78 is 1.27. The highest BCUT2D eigenvalue weighted by Crippen LogP contribution is 2.31. The van der Waals surface area contributed by atoms with Crippen molar-refractivity contribution in [1.82, 2.24) is 10.3 Å². The van der Waals surface area contributed by atoms with Crippen molar-refractivity contribution in [3.05, 3.63) is 29.3 Å². The van der Waals surface area contributed by atoms with Crippen LogP contribution in [0.5, 0.6) is 0 Å². The number of fused-ring (bicyclic) bond motifs is 1. The Labute approximate surface area is 111 Å². The molecule has 0 radical (unpaired) electrons. The summed E-state index contributed by atoms with van der Waals surface area (Å²) >= 11 is 1.79. The van der Waals surface area contributed by atoms with Crippen molar-refractivity contribution in [2.45, 2.75) is 31.2 Å². The lowest BCUT2D eigenvalue weighted by Gasteiger charge is -2.29. The lowest BCUT2D eigenvalue weighted by molar-refractivity contribution is 0.352. The number of nitrogens with one attached hydrogen (secondary N) is 1. The Morgan fingerprint density at radius 2 is 2.28 bits per heavy atom. The molecule has 0 saturated carbocycles. The van der Waals surface area contributed by atoms with Crippen molar-refractivity contribution in [2.75, 3.05) is 13.1 Å². The quantitative estimate of drug-likeness (QED) is 0.892. The molecular weight excluding hydrogens is 242 g/mol. The molecule has 1 saturated heterocycles. The van der Waals surface area contributed by atoms with Gasteiger partial charge in [0.05, 0.1) is 15.2 Å². The van der Waals surface area contributed by atoms with Gasteiger partial charge in [0.25, 0.3) is 0 Å². The normalized spacial score (nSPS) is 22.2. The van der Waals surface area contributed by atoms with E-state index in [1.807, 2.05) is 6.07 Å². The first-order valence-electron chi connectivity index (χ1n) is 6.67. The minimum Gasteiger partial charge on any atom is -0.330 e. The van der Waals surface area contributed by atoms with E-state index in [2.05, 4.69) is 23.5 Å². The number of piperidine rings is 1. The Hall–Kier alpha value is -0.970. The Morgan fingerprint density at radius 1 is 1.39 bits per heavy atom. The molecule has 2 atom stereocenters. The SMILES string of the molecule is NCC(c1nc2ccccc2s1)C1CCCCN1. The Morgan fingerprint density at radius 3 is 3.00 bits per heavy atom. The van der Waals surface area contributed by atoms with Crippen molar-refractivity contribution in [3.63, 3.8) is 0 Å². The van der Waals surface area contributed by atoms with Crippen LogP contribution in [0.15, 0.2) is 24.3 Å². The first-order chi connectivity index (χ1) is 8.88. The van der Waals surface area contributed by atoms with E-state index in [0.29, 0.717) is 18.5 Å². The van der Waals surface area contributed by atoms with Gasteiger partial charge in [-0.25, -0.2) is 4.98 Å². The van der Waals surface area contributed by atoms with Gasteiger partial charge in [-0.15, -0.1) is 11.3 Å². The maximum absolute atomic E-state index is 5.98. The molecule has 1 fully saturated rings. The van der Waals surface area contributed by atoms with Crippen LogP contribution in [0.3, 0.4) is 0 Å². The van der Waals surface area contributed by atoms with Crippen LogP contribution in [0.2, 0.25) is 0 Å². The van der Waals surface area contributed by atoms with Gasteiger partial charge < -0.3 is 11.1 Å². The second kappa shape index (κ2) is 5.34. The first-order valence-corrected chi connectivity index (χ1v) is 7.49. The van der Waals surface area contributed by atoms with E-state index in [9.17, 15) is 0 Å². The molecule has 2 unspecified atom stereocenters. The van der Waals surface area contributed by atoms with Crippen LogP contribution in [-0.4, -0.2) is 24.1 Å². The van der Waals surface area contributed by atoms with Gasteiger partial charge in [-0.05, 0) is 31.5 Å². The van der Waals surface area contributed by atoms with E-state index in [0.717, 1.165) is 12.1 Å². The van der Waals surface area contributed by atoms with Gasteiger partial charge in [-0.3, -0.25) is 0 Å². The van der Waals surface area contributed by atoms with Gasteiger partial charge in [0.15, 0.2) is 0 Å². The molecule has 3 N–H and O–H groups in total. The summed E-state index contributed by atoms with van der Waals surface area (Å²) in [5.74, 6) is 0.364. The summed E-state index contributed by atoms with van der Waals surface area (Å²) in [5, 5.41) is 4.79. The number of thiazole rings is 1. The molecule has 1 aliphatic heterocycles. The van der Waals surface area contributed by atoms with E-state index >= 15 is 0 Å². The number of nitrogens with two attached hydrogens (primary N) is 1. The molecule has 0 spiro atoms. The standard InChI is InChI=1S/C14H19N3S/c15-9-10(11-5-3-4-8-16-11)14-17-12-6-1-2-7-13(12)18-14/h1-2,6-7,10-11,16H,3-5,8-9,15H2. The third kappa shape index (κ3) is 2.28. The zero-order valence-corrected chi connectivity index (χ0v) is 11.2. The highest BCUT2D eigenvalue weighted by Gasteiger charge is 2.26. The molecule has 2 aromatic rings. The lowest BCUT2D eigenvalue weighted by atomic mass is 9.92. The van der Waals surface area contributed by atoms with Crippen LogP contribution >= 0.6 is 11.3 Å². The number of benzene rings is 1.